The lowest BCUT2D eigenvalue weighted by molar-refractivity contribution is 0.0691. The Hall–Kier alpha value is -2.11. The molecule has 94 valence electrons. The Balaban J connectivity index is 1.97. The van der Waals surface area contributed by atoms with Gasteiger partial charge in [-0.2, -0.15) is 0 Å². The number of hydrogen-bond donors (Lipinski definition) is 1. The van der Waals surface area contributed by atoms with Crippen molar-refractivity contribution in [2.45, 2.75) is 12.6 Å². The maximum Gasteiger partial charge on any atom is 0.356 e. The molecule has 3 heterocycles. The molecule has 5 nitrogen and oxygen atoms in total. The molecule has 3 rings (SSSR count). The van der Waals surface area contributed by atoms with Crippen LogP contribution in [0.2, 0.25) is 0 Å². The van der Waals surface area contributed by atoms with Crippen molar-refractivity contribution >= 4 is 17.3 Å². The van der Waals surface area contributed by atoms with E-state index in [9.17, 15) is 9.18 Å². The summed E-state index contributed by atoms with van der Waals surface area (Å²) < 4.78 is 14.8. The second-order valence-electron chi connectivity index (χ2n) is 4.42. The number of carboxylic acids is 1. The molecule has 2 aromatic heterocycles. The first-order valence-corrected chi connectivity index (χ1v) is 5.74. The third-order valence-corrected chi connectivity index (χ3v) is 3.15. The molecule has 2 aromatic rings. The van der Waals surface area contributed by atoms with Crippen LogP contribution in [0.25, 0.3) is 5.65 Å². The molecule has 1 unspecified atom stereocenters. The maximum atomic E-state index is 13.1. The Bertz CT molecular complexity index is 610. The molecule has 0 amide bonds. The normalized spacial score (nSPS) is 19.6. The van der Waals surface area contributed by atoms with Crippen molar-refractivity contribution in [3.8, 4) is 0 Å². The van der Waals surface area contributed by atoms with Gasteiger partial charge in [-0.25, -0.2) is 14.2 Å². The van der Waals surface area contributed by atoms with E-state index in [2.05, 4.69) is 4.98 Å². The van der Waals surface area contributed by atoms with E-state index < -0.39 is 12.1 Å². The van der Waals surface area contributed by atoms with Gasteiger partial charge in [0.2, 0.25) is 0 Å². The molecule has 18 heavy (non-hydrogen) atoms. The molecule has 0 bridgehead atoms. The Morgan fingerprint density at radius 1 is 1.44 bits per heavy atom. The topological polar surface area (TPSA) is 57.8 Å². The lowest BCUT2D eigenvalue weighted by Gasteiger charge is -2.17. The second-order valence-corrected chi connectivity index (χ2v) is 4.42. The van der Waals surface area contributed by atoms with Crippen LogP contribution in [0.1, 0.15) is 16.9 Å². The number of anilines is 1. The fourth-order valence-electron chi connectivity index (χ4n) is 2.22. The van der Waals surface area contributed by atoms with Crippen molar-refractivity contribution < 1.29 is 14.3 Å². The Kier molecular flexibility index (Phi) is 2.43. The van der Waals surface area contributed by atoms with Gasteiger partial charge in [0.15, 0.2) is 5.69 Å². The lowest BCUT2D eigenvalue weighted by atomic mass is 10.3. The minimum atomic E-state index is -1.05. The highest BCUT2D eigenvalue weighted by Crippen LogP contribution is 2.22. The number of fused-ring (bicyclic) bond motifs is 1. The van der Waals surface area contributed by atoms with E-state index in [1.165, 1.54) is 6.20 Å². The van der Waals surface area contributed by atoms with E-state index in [0.29, 0.717) is 25.2 Å². The van der Waals surface area contributed by atoms with Crippen LogP contribution < -0.4 is 4.90 Å². The molecule has 1 saturated heterocycles. The molecule has 0 saturated carbocycles. The number of halogens is 1. The summed E-state index contributed by atoms with van der Waals surface area (Å²) in [6.07, 6.45) is 3.01. The van der Waals surface area contributed by atoms with E-state index in [4.69, 9.17) is 5.11 Å². The average Bonchev–Trinajstić information content (AvgIpc) is 2.93. The summed E-state index contributed by atoms with van der Waals surface area (Å²) in [5.41, 5.74) is 1.47. The summed E-state index contributed by atoms with van der Waals surface area (Å²) in [5, 5.41) is 8.87. The predicted molar refractivity (Wildman–Crippen MR) is 63.9 cm³/mol. The minimum absolute atomic E-state index is 0.0111. The number of alkyl halides is 1. The van der Waals surface area contributed by atoms with Crippen LogP contribution in [-0.4, -0.2) is 39.7 Å². The van der Waals surface area contributed by atoms with Crippen molar-refractivity contribution in [3.05, 3.63) is 30.2 Å². The first-order valence-electron chi connectivity index (χ1n) is 5.74. The molecule has 0 aromatic carbocycles. The maximum absolute atomic E-state index is 13.1. The molecule has 0 spiro atoms. The molecule has 6 heteroatoms. The lowest BCUT2D eigenvalue weighted by Crippen LogP contribution is -2.20. The van der Waals surface area contributed by atoms with Crippen molar-refractivity contribution in [1.29, 1.82) is 0 Å². The molecular formula is C12H12FN3O2. The summed E-state index contributed by atoms with van der Waals surface area (Å²) in [4.78, 5) is 16.7. The van der Waals surface area contributed by atoms with Gasteiger partial charge in [0.1, 0.15) is 11.8 Å². The SMILES string of the molecule is O=C(O)c1cn2cc(N3CCC(F)C3)ccc2n1. The van der Waals surface area contributed by atoms with E-state index in [1.807, 2.05) is 11.0 Å². The highest BCUT2D eigenvalue weighted by atomic mass is 19.1. The van der Waals surface area contributed by atoms with Gasteiger partial charge in [0, 0.05) is 25.5 Å². The Morgan fingerprint density at radius 3 is 2.94 bits per heavy atom. The quantitative estimate of drug-likeness (QED) is 0.878. The van der Waals surface area contributed by atoms with E-state index in [1.54, 1.807) is 16.7 Å². The van der Waals surface area contributed by atoms with E-state index in [0.717, 1.165) is 5.69 Å². The fourth-order valence-corrected chi connectivity index (χ4v) is 2.22. The van der Waals surface area contributed by atoms with Crippen LogP contribution in [0.5, 0.6) is 0 Å². The first-order chi connectivity index (χ1) is 8.63. The number of hydrogen-bond acceptors (Lipinski definition) is 3. The number of carbonyl (C=O) groups is 1. The number of aromatic carboxylic acids is 1. The summed E-state index contributed by atoms with van der Waals surface area (Å²) in [5.74, 6) is -1.05. The summed E-state index contributed by atoms with van der Waals surface area (Å²) >= 11 is 0. The van der Waals surface area contributed by atoms with Gasteiger partial charge in [-0.1, -0.05) is 0 Å². The van der Waals surface area contributed by atoms with Crippen molar-refractivity contribution in [2.75, 3.05) is 18.0 Å². The number of imidazole rings is 1. The van der Waals surface area contributed by atoms with Crippen LogP contribution >= 0.6 is 0 Å². The zero-order chi connectivity index (χ0) is 12.7. The minimum Gasteiger partial charge on any atom is -0.476 e. The molecule has 0 radical (unpaired) electrons. The van der Waals surface area contributed by atoms with Crippen molar-refractivity contribution in [1.82, 2.24) is 9.38 Å². The molecule has 0 aliphatic carbocycles. The van der Waals surface area contributed by atoms with Gasteiger partial charge in [0.05, 0.1) is 5.69 Å². The number of carboxylic acid groups (broad SMARTS) is 1. The molecule has 1 aliphatic rings. The van der Waals surface area contributed by atoms with Gasteiger partial charge in [0.25, 0.3) is 0 Å². The largest absolute Gasteiger partial charge is 0.476 e. The zero-order valence-corrected chi connectivity index (χ0v) is 9.58. The van der Waals surface area contributed by atoms with Crippen LogP contribution in [-0.2, 0) is 0 Å². The van der Waals surface area contributed by atoms with Gasteiger partial charge < -0.3 is 14.4 Å². The van der Waals surface area contributed by atoms with Gasteiger partial charge in [-0.3, -0.25) is 0 Å². The van der Waals surface area contributed by atoms with Crippen molar-refractivity contribution in [2.24, 2.45) is 0 Å². The van der Waals surface area contributed by atoms with Crippen molar-refractivity contribution in [3.63, 3.8) is 0 Å². The molecule has 1 aliphatic heterocycles. The third kappa shape index (κ3) is 1.79. The summed E-state index contributed by atoms with van der Waals surface area (Å²) in [6, 6.07) is 3.58. The van der Waals surface area contributed by atoms with Crippen LogP contribution in [0.4, 0.5) is 10.1 Å². The zero-order valence-electron chi connectivity index (χ0n) is 9.58. The van der Waals surface area contributed by atoms with Crippen LogP contribution in [0, 0.1) is 0 Å². The number of pyridine rings is 1. The third-order valence-electron chi connectivity index (χ3n) is 3.15. The first kappa shape index (κ1) is 11.0. The summed E-state index contributed by atoms with van der Waals surface area (Å²) in [6.45, 7) is 1.08. The summed E-state index contributed by atoms with van der Waals surface area (Å²) in [7, 11) is 0. The second kappa shape index (κ2) is 3.97. The molecule has 1 fully saturated rings. The number of rotatable bonds is 2. The Labute approximate surface area is 102 Å². The number of nitrogens with zero attached hydrogens (tertiary/aromatic N) is 3. The molecule has 1 atom stereocenters. The van der Waals surface area contributed by atoms with E-state index in [-0.39, 0.29) is 5.69 Å². The Morgan fingerprint density at radius 2 is 2.28 bits per heavy atom. The monoisotopic (exact) mass is 249 g/mol. The predicted octanol–water partition coefficient (Wildman–Crippen LogP) is 1.58. The van der Waals surface area contributed by atoms with Gasteiger partial charge in [-0.15, -0.1) is 0 Å². The van der Waals surface area contributed by atoms with Crippen LogP contribution in [0.3, 0.4) is 0 Å². The number of aromatic nitrogens is 2. The highest BCUT2D eigenvalue weighted by molar-refractivity contribution is 5.86. The van der Waals surface area contributed by atoms with Gasteiger partial charge >= 0.3 is 5.97 Å². The standard InChI is InChI=1S/C12H12FN3O2/c13-8-3-4-15(5-8)9-1-2-11-14-10(12(17)18)7-16(11)6-9/h1-2,6-8H,3-5H2,(H,17,18). The smallest absolute Gasteiger partial charge is 0.356 e. The fraction of sp³-hybridized carbons (Fsp3) is 0.333. The average molecular weight is 249 g/mol. The van der Waals surface area contributed by atoms with Gasteiger partial charge in [-0.05, 0) is 18.6 Å². The molecular weight excluding hydrogens is 237 g/mol. The highest BCUT2D eigenvalue weighted by Gasteiger charge is 2.22. The molecule has 1 N–H and O–H groups in total. The van der Waals surface area contributed by atoms with E-state index >= 15 is 0 Å². The van der Waals surface area contributed by atoms with Crippen LogP contribution in [0.15, 0.2) is 24.5 Å².